The summed E-state index contributed by atoms with van der Waals surface area (Å²) in [6.45, 7) is 7.04. The number of aliphatic hydroxyl groups excluding tert-OH is 1. The van der Waals surface area contributed by atoms with Gasteiger partial charge in [-0.2, -0.15) is 0 Å². The summed E-state index contributed by atoms with van der Waals surface area (Å²) in [5.41, 5.74) is 4.66. The van der Waals surface area contributed by atoms with Crippen molar-refractivity contribution >= 4 is 5.69 Å². The fourth-order valence-electron chi connectivity index (χ4n) is 2.56. The number of benzene rings is 2. The van der Waals surface area contributed by atoms with Gasteiger partial charge < -0.3 is 10.0 Å². The number of para-hydroxylation sites is 1. The number of aryl methyl sites for hydroxylation is 1. The molecule has 0 heterocycles. The van der Waals surface area contributed by atoms with E-state index < -0.39 is 6.10 Å². The highest BCUT2D eigenvalue weighted by atomic mass is 16.3. The Balaban J connectivity index is 2.07. The van der Waals surface area contributed by atoms with Crippen LogP contribution in [0, 0.1) is 6.92 Å². The van der Waals surface area contributed by atoms with Gasteiger partial charge in [-0.3, -0.25) is 0 Å². The van der Waals surface area contributed by atoms with Crippen molar-refractivity contribution in [2.75, 3.05) is 18.5 Å². The topological polar surface area (TPSA) is 23.5 Å². The smallest absolute Gasteiger partial charge is 0.0964 e. The van der Waals surface area contributed by atoms with Gasteiger partial charge in [-0.1, -0.05) is 56.3 Å². The Morgan fingerprint density at radius 2 is 1.52 bits per heavy atom. The van der Waals surface area contributed by atoms with Gasteiger partial charge in [0.1, 0.15) is 0 Å². The Kier molecular flexibility index (Phi) is 5.03. The number of hydrogen-bond acceptors (Lipinski definition) is 2. The monoisotopic (exact) mass is 283 g/mol. The molecule has 0 spiro atoms. The first-order valence-electron chi connectivity index (χ1n) is 7.53. The fraction of sp³-hybridized carbons (Fsp3) is 0.368. The standard InChI is InChI=1S/C19H25NO/c1-14(2)16-9-11-17(12-10-16)19(21)13-20(4)18-8-6-5-7-15(18)3/h5-12,14,19,21H,13H2,1-4H3. The van der Waals surface area contributed by atoms with Gasteiger partial charge in [0.05, 0.1) is 6.10 Å². The normalized spacial score (nSPS) is 12.5. The number of rotatable bonds is 5. The highest BCUT2D eigenvalue weighted by Gasteiger charge is 2.12. The van der Waals surface area contributed by atoms with Crippen LogP contribution in [0.3, 0.4) is 0 Å². The Morgan fingerprint density at radius 1 is 0.952 bits per heavy atom. The van der Waals surface area contributed by atoms with Crippen LogP contribution in [0.15, 0.2) is 48.5 Å². The average molecular weight is 283 g/mol. The summed E-state index contributed by atoms with van der Waals surface area (Å²) in [5, 5.41) is 10.4. The highest BCUT2D eigenvalue weighted by Crippen LogP contribution is 2.23. The summed E-state index contributed by atoms with van der Waals surface area (Å²) in [6.07, 6.45) is -0.476. The number of hydrogen-bond donors (Lipinski definition) is 1. The van der Waals surface area contributed by atoms with Crippen molar-refractivity contribution in [3.63, 3.8) is 0 Å². The van der Waals surface area contributed by atoms with Gasteiger partial charge in [0.25, 0.3) is 0 Å². The molecule has 2 rings (SSSR count). The molecule has 1 atom stereocenters. The molecular formula is C19H25NO. The van der Waals surface area contributed by atoms with Crippen LogP contribution >= 0.6 is 0 Å². The third-order valence-corrected chi connectivity index (χ3v) is 3.96. The van der Waals surface area contributed by atoms with Crippen molar-refractivity contribution < 1.29 is 5.11 Å². The second-order valence-corrected chi connectivity index (χ2v) is 6.00. The van der Waals surface area contributed by atoms with E-state index in [1.807, 2.05) is 31.3 Å². The Labute approximate surface area is 128 Å². The molecule has 2 nitrogen and oxygen atoms in total. The maximum Gasteiger partial charge on any atom is 0.0964 e. The molecule has 2 aromatic carbocycles. The average Bonchev–Trinajstić information content (AvgIpc) is 2.47. The molecule has 0 bridgehead atoms. The molecule has 0 fully saturated rings. The lowest BCUT2D eigenvalue weighted by Crippen LogP contribution is -2.24. The minimum absolute atomic E-state index is 0.476. The van der Waals surface area contributed by atoms with E-state index in [0.717, 1.165) is 11.3 Å². The van der Waals surface area contributed by atoms with Crippen LogP contribution in [0.2, 0.25) is 0 Å². The van der Waals surface area contributed by atoms with Crippen molar-refractivity contribution in [1.29, 1.82) is 0 Å². The SMILES string of the molecule is Cc1ccccc1N(C)CC(O)c1ccc(C(C)C)cc1. The van der Waals surface area contributed by atoms with Crippen LogP contribution in [0.4, 0.5) is 5.69 Å². The summed E-state index contributed by atoms with van der Waals surface area (Å²) in [5.74, 6) is 0.519. The lowest BCUT2D eigenvalue weighted by atomic mass is 10.00. The first kappa shape index (κ1) is 15.6. The molecule has 0 saturated heterocycles. The van der Waals surface area contributed by atoms with E-state index in [1.165, 1.54) is 11.1 Å². The van der Waals surface area contributed by atoms with Gasteiger partial charge in [0.15, 0.2) is 0 Å². The second kappa shape index (κ2) is 6.77. The summed E-state index contributed by atoms with van der Waals surface area (Å²) in [4.78, 5) is 2.11. The molecule has 0 aliphatic rings. The molecule has 0 amide bonds. The molecule has 0 saturated carbocycles. The van der Waals surface area contributed by atoms with Crippen molar-refractivity contribution in [2.45, 2.75) is 32.8 Å². The first-order chi connectivity index (χ1) is 9.99. The molecule has 2 aromatic rings. The van der Waals surface area contributed by atoms with Crippen molar-refractivity contribution in [2.24, 2.45) is 0 Å². The first-order valence-corrected chi connectivity index (χ1v) is 7.53. The molecule has 2 heteroatoms. The molecule has 0 aliphatic carbocycles. The Hall–Kier alpha value is -1.80. The zero-order valence-corrected chi connectivity index (χ0v) is 13.4. The van der Waals surface area contributed by atoms with Crippen molar-refractivity contribution in [3.8, 4) is 0 Å². The van der Waals surface area contributed by atoms with Crippen molar-refractivity contribution in [1.82, 2.24) is 0 Å². The molecule has 1 N–H and O–H groups in total. The quantitative estimate of drug-likeness (QED) is 0.885. The summed E-state index contributed by atoms with van der Waals surface area (Å²) in [7, 11) is 2.02. The predicted molar refractivity (Wildman–Crippen MR) is 89.9 cm³/mol. The van der Waals surface area contributed by atoms with Gasteiger partial charge in [-0.25, -0.2) is 0 Å². The molecule has 0 aliphatic heterocycles. The predicted octanol–water partition coefficient (Wildman–Crippen LogP) is 4.29. The number of nitrogens with zero attached hydrogens (tertiary/aromatic N) is 1. The lowest BCUT2D eigenvalue weighted by molar-refractivity contribution is 0.185. The van der Waals surface area contributed by atoms with Crippen LogP contribution in [0.5, 0.6) is 0 Å². The lowest BCUT2D eigenvalue weighted by Gasteiger charge is -2.24. The molecular weight excluding hydrogens is 258 g/mol. The fourth-order valence-corrected chi connectivity index (χ4v) is 2.56. The van der Waals surface area contributed by atoms with E-state index in [9.17, 15) is 5.11 Å². The Morgan fingerprint density at radius 3 is 2.10 bits per heavy atom. The second-order valence-electron chi connectivity index (χ2n) is 6.00. The number of anilines is 1. The molecule has 0 aromatic heterocycles. The van der Waals surface area contributed by atoms with E-state index in [4.69, 9.17) is 0 Å². The zero-order valence-electron chi connectivity index (χ0n) is 13.4. The van der Waals surface area contributed by atoms with Crippen molar-refractivity contribution in [3.05, 3.63) is 65.2 Å². The van der Waals surface area contributed by atoms with Crippen LogP contribution in [0.25, 0.3) is 0 Å². The summed E-state index contributed by atoms with van der Waals surface area (Å²) in [6, 6.07) is 16.5. The van der Waals surface area contributed by atoms with Crippen LogP contribution < -0.4 is 4.90 Å². The minimum atomic E-state index is -0.476. The Bertz CT molecular complexity index is 574. The van der Waals surface area contributed by atoms with Gasteiger partial charge in [-0.15, -0.1) is 0 Å². The molecule has 0 radical (unpaired) electrons. The van der Waals surface area contributed by atoms with Crippen LogP contribution in [-0.4, -0.2) is 18.7 Å². The highest BCUT2D eigenvalue weighted by molar-refractivity contribution is 5.52. The maximum atomic E-state index is 10.4. The summed E-state index contributed by atoms with van der Waals surface area (Å²) >= 11 is 0. The van der Waals surface area contributed by atoms with Gasteiger partial charge in [-0.05, 0) is 35.6 Å². The third kappa shape index (κ3) is 3.85. The van der Waals surface area contributed by atoms with E-state index >= 15 is 0 Å². The molecule has 112 valence electrons. The minimum Gasteiger partial charge on any atom is -0.387 e. The summed E-state index contributed by atoms with van der Waals surface area (Å²) < 4.78 is 0. The van der Waals surface area contributed by atoms with E-state index in [0.29, 0.717) is 12.5 Å². The maximum absolute atomic E-state index is 10.4. The van der Waals surface area contributed by atoms with E-state index in [1.54, 1.807) is 0 Å². The van der Waals surface area contributed by atoms with Crippen LogP contribution in [0.1, 0.15) is 42.6 Å². The van der Waals surface area contributed by atoms with E-state index in [-0.39, 0.29) is 0 Å². The number of aliphatic hydroxyl groups is 1. The largest absolute Gasteiger partial charge is 0.387 e. The third-order valence-electron chi connectivity index (χ3n) is 3.96. The van der Waals surface area contributed by atoms with Gasteiger partial charge in [0.2, 0.25) is 0 Å². The number of likely N-dealkylation sites (N-methyl/N-ethyl adjacent to an activating group) is 1. The molecule has 1 unspecified atom stereocenters. The van der Waals surface area contributed by atoms with Gasteiger partial charge >= 0.3 is 0 Å². The molecule has 21 heavy (non-hydrogen) atoms. The van der Waals surface area contributed by atoms with Gasteiger partial charge in [0, 0.05) is 19.3 Å². The van der Waals surface area contributed by atoms with E-state index in [2.05, 4.69) is 49.9 Å². The zero-order chi connectivity index (χ0) is 15.4. The van der Waals surface area contributed by atoms with Crippen LogP contribution in [-0.2, 0) is 0 Å².